The van der Waals surface area contributed by atoms with Gasteiger partial charge in [0.05, 0.1) is 17.6 Å². The van der Waals surface area contributed by atoms with Gasteiger partial charge in [-0.2, -0.15) is 0 Å². The van der Waals surface area contributed by atoms with Crippen LogP contribution in [0, 0.1) is 10.1 Å². The van der Waals surface area contributed by atoms with E-state index < -0.39 is 4.92 Å². The Kier molecular flexibility index (Phi) is 3.98. The zero-order chi connectivity index (χ0) is 14.8. The predicted octanol–water partition coefficient (Wildman–Crippen LogP) is 1.91. The van der Waals surface area contributed by atoms with Crippen LogP contribution in [0.15, 0.2) is 24.3 Å². The molecule has 0 radical (unpaired) electrons. The summed E-state index contributed by atoms with van der Waals surface area (Å²) >= 11 is 0. The van der Waals surface area contributed by atoms with E-state index in [4.69, 9.17) is 0 Å². The van der Waals surface area contributed by atoms with Crippen molar-refractivity contribution in [3.05, 3.63) is 39.9 Å². The number of hydrogen-bond donors (Lipinski definition) is 0. The molecule has 2 aliphatic rings. The minimum absolute atomic E-state index is 0.0199. The number of nitrogens with zero attached hydrogens (tertiary/aromatic N) is 3. The molecule has 0 saturated carbocycles. The van der Waals surface area contributed by atoms with Crippen LogP contribution in [0.25, 0.3) is 0 Å². The number of ketones is 1. The maximum absolute atomic E-state index is 12.4. The van der Waals surface area contributed by atoms with Gasteiger partial charge in [0.2, 0.25) is 0 Å². The lowest BCUT2D eigenvalue weighted by Crippen LogP contribution is -2.51. The quantitative estimate of drug-likeness (QED) is 0.481. The maximum atomic E-state index is 12.4. The molecule has 112 valence electrons. The van der Waals surface area contributed by atoms with Crippen LogP contribution < -0.4 is 0 Å². The minimum Gasteiger partial charge on any atom is -0.293 e. The lowest BCUT2D eigenvalue weighted by molar-refractivity contribution is -0.384. The standard InChI is InChI=1S/C15H19N3O3/c19-14(12-4-6-13(7-5-12)18(20)21)11-17-10-2-9-16-8-1-3-15(16)17/h4-7,15H,1-3,8-11H2. The van der Waals surface area contributed by atoms with Crippen LogP contribution in [0.4, 0.5) is 5.69 Å². The lowest BCUT2D eigenvalue weighted by atomic mass is 10.1. The van der Waals surface area contributed by atoms with E-state index in [9.17, 15) is 14.9 Å². The van der Waals surface area contributed by atoms with Crippen molar-refractivity contribution >= 4 is 11.5 Å². The molecular formula is C15H19N3O3. The number of fused-ring (bicyclic) bond motifs is 1. The van der Waals surface area contributed by atoms with E-state index in [0.717, 1.165) is 32.5 Å². The van der Waals surface area contributed by atoms with Gasteiger partial charge in [-0.05, 0) is 37.9 Å². The largest absolute Gasteiger partial charge is 0.293 e. The number of Topliss-reactive ketones (excluding diaryl/α,β-unsaturated/α-hetero) is 1. The van der Waals surface area contributed by atoms with Crippen molar-refractivity contribution in [2.45, 2.75) is 25.4 Å². The highest BCUT2D eigenvalue weighted by molar-refractivity contribution is 5.97. The van der Waals surface area contributed by atoms with Crippen LogP contribution >= 0.6 is 0 Å². The molecule has 0 aromatic heterocycles. The zero-order valence-corrected chi connectivity index (χ0v) is 11.9. The predicted molar refractivity (Wildman–Crippen MR) is 78.2 cm³/mol. The van der Waals surface area contributed by atoms with E-state index in [1.165, 1.54) is 18.6 Å². The first-order valence-corrected chi connectivity index (χ1v) is 7.41. The van der Waals surface area contributed by atoms with Gasteiger partial charge in [-0.1, -0.05) is 0 Å². The molecule has 0 aliphatic carbocycles. The van der Waals surface area contributed by atoms with Gasteiger partial charge < -0.3 is 0 Å². The van der Waals surface area contributed by atoms with Crippen LogP contribution in [0.1, 0.15) is 29.6 Å². The summed E-state index contributed by atoms with van der Waals surface area (Å²) in [7, 11) is 0. The van der Waals surface area contributed by atoms with Crippen LogP contribution in [0.2, 0.25) is 0 Å². The summed E-state index contributed by atoms with van der Waals surface area (Å²) in [6.07, 6.45) is 3.84. The average molecular weight is 289 g/mol. The van der Waals surface area contributed by atoms with Crippen molar-refractivity contribution in [1.29, 1.82) is 0 Å². The van der Waals surface area contributed by atoms with Gasteiger partial charge in [-0.3, -0.25) is 24.7 Å². The van der Waals surface area contributed by atoms with Crippen LogP contribution in [-0.4, -0.2) is 52.9 Å². The molecule has 2 saturated heterocycles. The Morgan fingerprint density at radius 2 is 1.90 bits per heavy atom. The fourth-order valence-corrected chi connectivity index (χ4v) is 3.34. The Morgan fingerprint density at radius 1 is 1.19 bits per heavy atom. The Bertz CT molecular complexity index is 544. The first-order valence-electron chi connectivity index (χ1n) is 7.41. The molecule has 1 aromatic rings. The minimum atomic E-state index is -0.449. The second-order valence-electron chi connectivity index (χ2n) is 5.71. The molecule has 21 heavy (non-hydrogen) atoms. The lowest BCUT2D eigenvalue weighted by Gasteiger charge is -2.39. The average Bonchev–Trinajstić information content (AvgIpc) is 2.97. The monoisotopic (exact) mass is 289 g/mol. The van der Waals surface area contributed by atoms with Crippen LogP contribution in [-0.2, 0) is 0 Å². The molecule has 3 rings (SSSR count). The van der Waals surface area contributed by atoms with Crippen molar-refractivity contribution in [1.82, 2.24) is 9.80 Å². The van der Waals surface area contributed by atoms with E-state index in [-0.39, 0.29) is 11.5 Å². The van der Waals surface area contributed by atoms with Gasteiger partial charge in [0.25, 0.3) is 5.69 Å². The molecule has 6 nitrogen and oxygen atoms in total. The number of hydrogen-bond acceptors (Lipinski definition) is 5. The number of nitro benzene ring substituents is 1. The molecule has 2 fully saturated rings. The smallest absolute Gasteiger partial charge is 0.269 e. The number of nitro groups is 1. The van der Waals surface area contributed by atoms with E-state index in [1.54, 1.807) is 12.1 Å². The molecule has 1 unspecified atom stereocenters. The number of non-ortho nitro benzene ring substituents is 1. The van der Waals surface area contributed by atoms with Gasteiger partial charge in [-0.15, -0.1) is 0 Å². The summed E-state index contributed by atoms with van der Waals surface area (Å²) in [5.41, 5.74) is 0.571. The Balaban J connectivity index is 1.66. The first kappa shape index (κ1) is 14.2. The molecule has 0 amide bonds. The molecule has 6 heteroatoms. The van der Waals surface area contributed by atoms with E-state index in [0.29, 0.717) is 18.3 Å². The first-order chi connectivity index (χ1) is 10.1. The van der Waals surface area contributed by atoms with Crippen molar-refractivity contribution in [2.24, 2.45) is 0 Å². The van der Waals surface area contributed by atoms with E-state index in [2.05, 4.69) is 9.80 Å². The molecule has 1 aromatic carbocycles. The fourth-order valence-electron chi connectivity index (χ4n) is 3.34. The Hall–Kier alpha value is -1.79. The van der Waals surface area contributed by atoms with E-state index >= 15 is 0 Å². The normalized spacial score (nSPS) is 23.0. The molecule has 2 aliphatic heterocycles. The summed E-state index contributed by atoms with van der Waals surface area (Å²) in [4.78, 5) is 27.2. The zero-order valence-electron chi connectivity index (χ0n) is 11.9. The van der Waals surface area contributed by atoms with Gasteiger partial charge in [0, 0.05) is 30.8 Å². The number of benzene rings is 1. The molecule has 0 spiro atoms. The van der Waals surface area contributed by atoms with Crippen molar-refractivity contribution in [2.75, 3.05) is 26.2 Å². The summed E-state index contributed by atoms with van der Waals surface area (Å²) in [5.74, 6) is 0.0404. The summed E-state index contributed by atoms with van der Waals surface area (Å²) in [6.45, 7) is 3.62. The highest BCUT2D eigenvalue weighted by atomic mass is 16.6. The number of carbonyl (C=O) groups excluding carboxylic acids is 1. The molecule has 1 atom stereocenters. The highest BCUT2D eigenvalue weighted by Crippen LogP contribution is 2.25. The second kappa shape index (κ2) is 5.91. The Morgan fingerprint density at radius 3 is 2.62 bits per heavy atom. The number of carbonyl (C=O) groups is 1. The van der Waals surface area contributed by atoms with Crippen molar-refractivity contribution in [3.63, 3.8) is 0 Å². The molecule has 0 N–H and O–H groups in total. The summed E-state index contributed by atoms with van der Waals surface area (Å²) < 4.78 is 0. The maximum Gasteiger partial charge on any atom is 0.269 e. The third-order valence-electron chi connectivity index (χ3n) is 4.39. The summed E-state index contributed by atoms with van der Waals surface area (Å²) in [6, 6.07) is 5.89. The topological polar surface area (TPSA) is 66.7 Å². The van der Waals surface area contributed by atoms with Crippen LogP contribution in [0.3, 0.4) is 0 Å². The van der Waals surface area contributed by atoms with Crippen molar-refractivity contribution < 1.29 is 9.72 Å². The van der Waals surface area contributed by atoms with Gasteiger partial charge in [0.15, 0.2) is 5.78 Å². The van der Waals surface area contributed by atoms with Crippen molar-refractivity contribution in [3.8, 4) is 0 Å². The van der Waals surface area contributed by atoms with Crippen LogP contribution in [0.5, 0.6) is 0 Å². The third-order valence-corrected chi connectivity index (χ3v) is 4.39. The molecular weight excluding hydrogens is 270 g/mol. The molecule has 2 heterocycles. The molecule has 0 bridgehead atoms. The second-order valence-corrected chi connectivity index (χ2v) is 5.71. The fraction of sp³-hybridized carbons (Fsp3) is 0.533. The van der Waals surface area contributed by atoms with Gasteiger partial charge >= 0.3 is 0 Å². The van der Waals surface area contributed by atoms with Gasteiger partial charge in [0.1, 0.15) is 0 Å². The third kappa shape index (κ3) is 2.96. The number of rotatable bonds is 4. The van der Waals surface area contributed by atoms with Gasteiger partial charge in [-0.25, -0.2) is 0 Å². The SMILES string of the molecule is O=C(CN1CCCN2CCCC21)c1ccc([N+](=O)[O-])cc1. The summed E-state index contributed by atoms with van der Waals surface area (Å²) in [5, 5.41) is 10.6. The van der Waals surface area contributed by atoms with E-state index in [1.807, 2.05) is 0 Å². The Labute approximate surface area is 123 Å². The highest BCUT2D eigenvalue weighted by Gasteiger charge is 2.33.